The van der Waals surface area contributed by atoms with E-state index >= 15 is 0 Å². The van der Waals surface area contributed by atoms with Gasteiger partial charge in [0.1, 0.15) is 0 Å². The largest absolute Gasteiger partial charge is 0.310 e. The Bertz CT molecular complexity index is 631. The van der Waals surface area contributed by atoms with Gasteiger partial charge in [-0.2, -0.15) is 0 Å². The van der Waals surface area contributed by atoms with Gasteiger partial charge >= 0.3 is 0 Å². The molecule has 0 aromatic heterocycles. The molecule has 19 heavy (non-hydrogen) atoms. The van der Waals surface area contributed by atoms with Crippen LogP contribution in [0, 0.1) is 0 Å². The molecule has 0 saturated carbocycles. The van der Waals surface area contributed by atoms with E-state index in [1.807, 2.05) is 6.07 Å². The van der Waals surface area contributed by atoms with Gasteiger partial charge in [0, 0.05) is 22.1 Å². The summed E-state index contributed by atoms with van der Waals surface area (Å²) in [5.74, 6) is -0.160. The molecule has 0 bridgehead atoms. The number of rotatable bonds is 2. The first kappa shape index (κ1) is 14.4. The molecular formula is C14H10BrCl2NO. The van der Waals surface area contributed by atoms with Gasteiger partial charge in [-0.15, -0.1) is 0 Å². The van der Waals surface area contributed by atoms with Crippen molar-refractivity contribution in [2.24, 2.45) is 0 Å². The summed E-state index contributed by atoms with van der Waals surface area (Å²) in [6.45, 7) is 0. The topological polar surface area (TPSA) is 20.3 Å². The van der Waals surface area contributed by atoms with Gasteiger partial charge in [0.05, 0.1) is 10.7 Å². The van der Waals surface area contributed by atoms with Crippen LogP contribution >= 0.6 is 39.1 Å². The first-order valence-corrected chi connectivity index (χ1v) is 7.02. The van der Waals surface area contributed by atoms with Gasteiger partial charge in [-0.05, 0) is 36.4 Å². The Morgan fingerprint density at radius 2 is 1.89 bits per heavy atom. The molecule has 2 aromatic rings. The highest BCUT2D eigenvalue weighted by Gasteiger charge is 2.16. The maximum atomic E-state index is 12.3. The first-order chi connectivity index (χ1) is 8.99. The summed E-state index contributed by atoms with van der Waals surface area (Å²) < 4.78 is 0.866. The van der Waals surface area contributed by atoms with E-state index in [4.69, 9.17) is 23.2 Å². The molecule has 0 unspecified atom stereocenters. The lowest BCUT2D eigenvalue weighted by Gasteiger charge is -2.19. The number of amides is 1. The van der Waals surface area contributed by atoms with Crippen LogP contribution in [-0.2, 0) is 0 Å². The first-order valence-electron chi connectivity index (χ1n) is 5.47. The molecule has 5 heteroatoms. The third kappa shape index (κ3) is 3.30. The Labute approximate surface area is 130 Å². The summed E-state index contributed by atoms with van der Waals surface area (Å²) in [4.78, 5) is 13.8. The predicted octanol–water partition coefficient (Wildman–Crippen LogP) is 5.03. The van der Waals surface area contributed by atoms with E-state index in [1.54, 1.807) is 43.4 Å². The molecule has 0 atom stereocenters. The summed E-state index contributed by atoms with van der Waals surface area (Å²) in [5, 5.41) is 1.04. The number of halogens is 3. The summed E-state index contributed by atoms with van der Waals surface area (Å²) in [7, 11) is 1.68. The molecule has 0 aliphatic carbocycles. The van der Waals surface area contributed by atoms with Crippen LogP contribution in [0.4, 0.5) is 5.69 Å². The lowest BCUT2D eigenvalue weighted by molar-refractivity contribution is 0.0993. The van der Waals surface area contributed by atoms with E-state index < -0.39 is 0 Å². The Balaban J connectivity index is 2.33. The van der Waals surface area contributed by atoms with Crippen molar-refractivity contribution in [3.8, 4) is 0 Å². The maximum absolute atomic E-state index is 12.3. The number of nitrogens with zero attached hydrogens (tertiary/aromatic N) is 1. The Hall–Kier alpha value is -1.03. The Morgan fingerprint density at radius 3 is 2.53 bits per heavy atom. The number of carbonyl (C=O) groups is 1. The highest BCUT2D eigenvalue weighted by molar-refractivity contribution is 9.10. The van der Waals surface area contributed by atoms with Crippen LogP contribution in [0.1, 0.15) is 10.4 Å². The van der Waals surface area contributed by atoms with Gasteiger partial charge < -0.3 is 4.90 Å². The van der Waals surface area contributed by atoms with Crippen molar-refractivity contribution in [3.05, 3.63) is 62.5 Å². The van der Waals surface area contributed by atoms with Crippen LogP contribution in [0.3, 0.4) is 0 Å². The minimum atomic E-state index is -0.160. The SMILES string of the molecule is CN(C(=O)c1cccc(Cl)c1)c1ccc(Br)cc1Cl. The average molecular weight is 359 g/mol. The van der Waals surface area contributed by atoms with Crippen LogP contribution in [0.2, 0.25) is 10.0 Å². The zero-order valence-electron chi connectivity index (χ0n) is 10.0. The quantitative estimate of drug-likeness (QED) is 0.737. The van der Waals surface area contributed by atoms with Gasteiger partial charge in [-0.1, -0.05) is 45.2 Å². The molecule has 0 aliphatic rings. The molecule has 0 fully saturated rings. The van der Waals surface area contributed by atoms with Crippen LogP contribution < -0.4 is 4.90 Å². The standard InChI is InChI=1S/C14H10BrCl2NO/c1-18(13-6-5-10(15)8-12(13)17)14(19)9-3-2-4-11(16)7-9/h2-8H,1H3. The molecule has 0 radical (unpaired) electrons. The zero-order valence-corrected chi connectivity index (χ0v) is 13.1. The fourth-order valence-corrected chi connectivity index (χ4v) is 2.67. The molecule has 2 aromatic carbocycles. The highest BCUT2D eigenvalue weighted by atomic mass is 79.9. The second-order valence-corrected chi connectivity index (χ2v) is 5.73. The summed E-state index contributed by atoms with van der Waals surface area (Å²) in [5.41, 5.74) is 1.17. The van der Waals surface area contributed by atoms with E-state index in [0.717, 1.165) is 4.47 Å². The molecule has 98 valence electrons. The fourth-order valence-electron chi connectivity index (χ4n) is 1.68. The molecule has 2 nitrogen and oxygen atoms in total. The van der Waals surface area contributed by atoms with Crippen molar-refractivity contribution < 1.29 is 4.79 Å². The van der Waals surface area contributed by atoms with E-state index in [2.05, 4.69) is 15.9 Å². The smallest absolute Gasteiger partial charge is 0.258 e. The monoisotopic (exact) mass is 357 g/mol. The lowest BCUT2D eigenvalue weighted by Crippen LogP contribution is -2.26. The van der Waals surface area contributed by atoms with Gasteiger partial charge in [0.2, 0.25) is 0 Å². The van der Waals surface area contributed by atoms with Crippen LogP contribution in [0.25, 0.3) is 0 Å². The summed E-state index contributed by atoms with van der Waals surface area (Å²) in [6.07, 6.45) is 0. The number of carbonyl (C=O) groups excluding carboxylic acids is 1. The van der Waals surface area contributed by atoms with E-state index in [0.29, 0.717) is 21.3 Å². The lowest BCUT2D eigenvalue weighted by atomic mass is 10.2. The third-order valence-electron chi connectivity index (χ3n) is 2.65. The fraction of sp³-hybridized carbons (Fsp3) is 0.0714. The summed E-state index contributed by atoms with van der Waals surface area (Å²) >= 11 is 15.4. The van der Waals surface area contributed by atoms with Crippen molar-refractivity contribution in [1.82, 2.24) is 0 Å². The Morgan fingerprint density at radius 1 is 1.16 bits per heavy atom. The summed E-state index contributed by atoms with van der Waals surface area (Å²) in [6, 6.07) is 12.2. The number of anilines is 1. The van der Waals surface area contributed by atoms with Gasteiger partial charge in [0.15, 0.2) is 0 Å². The molecule has 0 saturated heterocycles. The van der Waals surface area contributed by atoms with Crippen molar-refractivity contribution >= 4 is 50.7 Å². The Kier molecular flexibility index (Phi) is 4.50. The van der Waals surface area contributed by atoms with E-state index in [9.17, 15) is 4.79 Å². The van der Waals surface area contributed by atoms with Crippen molar-refractivity contribution in [2.75, 3.05) is 11.9 Å². The number of hydrogen-bond acceptors (Lipinski definition) is 1. The molecular weight excluding hydrogens is 349 g/mol. The molecule has 1 amide bonds. The molecule has 2 rings (SSSR count). The zero-order chi connectivity index (χ0) is 14.0. The number of hydrogen-bond donors (Lipinski definition) is 0. The van der Waals surface area contributed by atoms with Gasteiger partial charge in [-0.25, -0.2) is 0 Å². The second-order valence-electron chi connectivity index (χ2n) is 3.97. The molecule has 0 N–H and O–H groups in total. The second kappa shape index (κ2) is 5.95. The molecule has 0 aliphatic heterocycles. The molecule has 0 heterocycles. The predicted molar refractivity (Wildman–Crippen MR) is 83.3 cm³/mol. The normalized spacial score (nSPS) is 10.3. The van der Waals surface area contributed by atoms with E-state index in [-0.39, 0.29) is 5.91 Å². The third-order valence-corrected chi connectivity index (χ3v) is 3.68. The van der Waals surface area contributed by atoms with Crippen LogP contribution in [-0.4, -0.2) is 13.0 Å². The van der Waals surface area contributed by atoms with E-state index in [1.165, 1.54) is 4.90 Å². The van der Waals surface area contributed by atoms with Crippen LogP contribution in [0.15, 0.2) is 46.9 Å². The minimum Gasteiger partial charge on any atom is -0.310 e. The van der Waals surface area contributed by atoms with Gasteiger partial charge in [0.25, 0.3) is 5.91 Å². The van der Waals surface area contributed by atoms with Crippen LogP contribution in [0.5, 0.6) is 0 Å². The average Bonchev–Trinajstić information content (AvgIpc) is 2.37. The minimum absolute atomic E-state index is 0.160. The highest BCUT2D eigenvalue weighted by Crippen LogP contribution is 2.29. The van der Waals surface area contributed by atoms with Gasteiger partial charge in [-0.3, -0.25) is 4.79 Å². The molecule has 0 spiro atoms. The van der Waals surface area contributed by atoms with Crippen molar-refractivity contribution in [2.45, 2.75) is 0 Å². The van der Waals surface area contributed by atoms with Crippen molar-refractivity contribution in [1.29, 1.82) is 0 Å². The maximum Gasteiger partial charge on any atom is 0.258 e. The van der Waals surface area contributed by atoms with Crippen molar-refractivity contribution in [3.63, 3.8) is 0 Å². The number of benzene rings is 2.